The number of carboxylic acid groups (broad SMARTS) is 1. The van der Waals surface area contributed by atoms with E-state index < -0.39 is 23.7 Å². The summed E-state index contributed by atoms with van der Waals surface area (Å²) in [7, 11) is 0. The van der Waals surface area contributed by atoms with E-state index >= 15 is 0 Å². The maximum Gasteiger partial charge on any atom is 0.326 e. The van der Waals surface area contributed by atoms with Crippen molar-refractivity contribution in [2.45, 2.75) is 19.9 Å². The van der Waals surface area contributed by atoms with Gasteiger partial charge in [0.25, 0.3) is 5.91 Å². The standard InChI is InChI=1S/C14H16BrFN2O4/c1-8(14(21)22)18(6-5-17-9(2)19)13(20)10-3-4-11(15)12(16)7-10/h3-4,7-8H,5-6H2,1-2H3,(H,17,19)(H,21,22). The number of hydrogen-bond donors (Lipinski definition) is 2. The lowest BCUT2D eigenvalue weighted by molar-refractivity contribution is -0.141. The Kier molecular flexibility index (Phi) is 6.48. The zero-order valence-corrected chi connectivity index (χ0v) is 13.7. The van der Waals surface area contributed by atoms with Crippen LogP contribution in [0, 0.1) is 5.82 Å². The van der Waals surface area contributed by atoms with Gasteiger partial charge in [0.15, 0.2) is 0 Å². The van der Waals surface area contributed by atoms with E-state index in [9.17, 15) is 18.8 Å². The smallest absolute Gasteiger partial charge is 0.326 e. The van der Waals surface area contributed by atoms with Gasteiger partial charge in [-0.15, -0.1) is 0 Å². The van der Waals surface area contributed by atoms with Gasteiger partial charge in [0, 0.05) is 25.6 Å². The molecule has 22 heavy (non-hydrogen) atoms. The average Bonchev–Trinajstić information content (AvgIpc) is 2.44. The molecule has 0 saturated carbocycles. The van der Waals surface area contributed by atoms with E-state index in [1.807, 2.05) is 0 Å². The highest BCUT2D eigenvalue weighted by Crippen LogP contribution is 2.18. The minimum atomic E-state index is -1.19. The van der Waals surface area contributed by atoms with Crippen LogP contribution >= 0.6 is 15.9 Å². The Morgan fingerprint density at radius 2 is 2.05 bits per heavy atom. The number of carbonyl (C=O) groups excluding carboxylic acids is 2. The van der Waals surface area contributed by atoms with Crippen LogP contribution < -0.4 is 5.32 Å². The summed E-state index contributed by atoms with van der Waals surface area (Å²) in [5, 5.41) is 11.6. The SMILES string of the molecule is CC(=O)NCCN(C(=O)c1ccc(Br)c(F)c1)C(C)C(=O)O. The number of nitrogens with zero attached hydrogens (tertiary/aromatic N) is 1. The third-order valence-corrected chi connectivity index (χ3v) is 3.62. The summed E-state index contributed by atoms with van der Waals surface area (Å²) in [6.45, 7) is 2.78. The van der Waals surface area contributed by atoms with Crippen LogP contribution in [0.2, 0.25) is 0 Å². The first kappa shape index (κ1) is 18.1. The average molecular weight is 375 g/mol. The van der Waals surface area contributed by atoms with Crippen LogP contribution in [0.15, 0.2) is 22.7 Å². The van der Waals surface area contributed by atoms with Crippen LogP contribution in [0.4, 0.5) is 4.39 Å². The molecule has 0 saturated heterocycles. The van der Waals surface area contributed by atoms with Crippen LogP contribution in [0.3, 0.4) is 0 Å². The zero-order valence-electron chi connectivity index (χ0n) is 12.1. The van der Waals surface area contributed by atoms with E-state index in [4.69, 9.17) is 5.11 Å². The van der Waals surface area contributed by atoms with Crippen molar-refractivity contribution in [3.63, 3.8) is 0 Å². The molecule has 0 aliphatic carbocycles. The lowest BCUT2D eigenvalue weighted by Crippen LogP contribution is -2.46. The Balaban J connectivity index is 2.97. The number of nitrogens with one attached hydrogen (secondary N) is 1. The molecule has 0 aliphatic rings. The molecule has 8 heteroatoms. The highest BCUT2D eigenvalue weighted by molar-refractivity contribution is 9.10. The van der Waals surface area contributed by atoms with Gasteiger partial charge in [-0.3, -0.25) is 9.59 Å². The number of halogens is 2. The summed E-state index contributed by atoms with van der Waals surface area (Å²) in [5.74, 6) is -2.71. The van der Waals surface area contributed by atoms with Gasteiger partial charge in [-0.05, 0) is 41.1 Å². The summed E-state index contributed by atoms with van der Waals surface area (Å²) in [6.07, 6.45) is 0. The molecule has 0 radical (unpaired) electrons. The Labute approximate surface area is 135 Å². The molecule has 1 aromatic rings. The summed E-state index contributed by atoms with van der Waals surface area (Å²) in [5.41, 5.74) is 0.0385. The molecule has 0 bridgehead atoms. The van der Waals surface area contributed by atoms with E-state index in [2.05, 4.69) is 21.2 Å². The largest absolute Gasteiger partial charge is 0.480 e. The highest BCUT2D eigenvalue weighted by atomic mass is 79.9. The number of aliphatic carboxylic acids is 1. The lowest BCUT2D eigenvalue weighted by Gasteiger charge is -2.26. The number of benzene rings is 1. The number of amides is 2. The van der Waals surface area contributed by atoms with Crippen molar-refractivity contribution in [2.75, 3.05) is 13.1 Å². The van der Waals surface area contributed by atoms with Gasteiger partial charge in [0.1, 0.15) is 11.9 Å². The fourth-order valence-electron chi connectivity index (χ4n) is 1.75. The van der Waals surface area contributed by atoms with Gasteiger partial charge in [-0.2, -0.15) is 0 Å². The number of carboxylic acids is 1. The zero-order chi connectivity index (χ0) is 16.9. The summed E-state index contributed by atoms with van der Waals surface area (Å²) >= 11 is 2.98. The lowest BCUT2D eigenvalue weighted by atomic mass is 10.1. The Morgan fingerprint density at radius 1 is 1.41 bits per heavy atom. The third-order valence-electron chi connectivity index (χ3n) is 2.98. The van der Waals surface area contributed by atoms with Crippen molar-refractivity contribution in [3.05, 3.63) is 34.1 Å². The molecule has 0 spiro atoms. The summed E-state index contributed by atoms with van der Waals surface area (Å²) in [4.78, 5) is 35.5. The second-order valence-electron chi connectivity index (χ2n) is 4.62. The van der Waals surface area contributed by atoms with E-state index in [0.29, 0.717) is 0 Å². The molecule has 0 heterocycles. The molecule has 1 aromatic carbocycles. The molecule has 1 atom stereocenters. The highest BCUT2D eigenvalue weighted by Gasteiger charge is 2.26. The Hall–Kier alpha value is -1.96. The predicted molar refractivity (Wildman–Crippen MR) is 80.9 cm³/mol. The van der Waals surface area contributed by atoms with Gasteiger partial charge < -0.3 is 15.3 Å². The molecular formula is C14H16BrFN2O4. The second kappa shape index (κ2) is 7.88. The van der Waals surface area contributed by atoms with Crippen molar-refractivity contribution < 1.29 is 23.9 Å². The van der Waals surface area contributed by atoms with Crippen LogP contribution in [0.25, 0.3) is 0 Å². The van der Waals surface area contributed by atoms with Crippen LogP contribution in [-0.4, -0.2) is 46.9 Å². The van der Waals surface area contributed by atoms with E-state index in [1.165, 1.54) is 26.0 Å². The van der Waals surface area contributed by atoms with E-state index in [1.54, 1.807) is 0 Å². The molecule has 2 amide bonds. The number of rotatable bonds is 6. The summed E-state index contributed by atoms with van der Waals surface area (Å²) < 4.78 is 13.7. The summed E-state index contributed by atoms with van der Waals surface area (Å²) in [6, 6.07) is 2.70. The van der Waals surface area contributed by atoms with Gasteiger partial charge in [-0.25, -0.2) is 9.18 Å². The maximum atomic E-state index is 13.5. The normalized spacial score (nSPS) is 11.6. The van der Waals surface area contributed by atoms with Crippen molar-refractivity contribution in [3.8, 4) is 0 Å². The van der Waals surface area contributed by atoms with Gasteiger partial charge in [-0.1, -0.05) is 0 Å². The van der Waals surface area contributed by atoms with Crippen LogP contribution in [0.5, 0.6) is 0 Å². The molecule has 6 nitrogen and oxygen atoms in total. The first-order chi connectivity index (χ1) is 10.2. The van der Waals surface area contributed by atoms with Crippen molar-refractivity contribution in [2.24, 2.45) is 0 Å². The molecule has 2 N–H and O–H groups in total. The number of carbonyl (C=O) groups is 3. The minimum Gasteiger partial charge on any atom is -0.480 e. The first-order valence-corrected chi connectivity index (χ1v) is 7.26. The molecule has 0 aliphatic heterocycles. The number of hydrogen-bond acceptors (Lipinski definition) is 3. The van der Waals surface area contributed by atoms with Crippen molar-refractivity contribution >= 4 is 33.7 Å². The van der Waals surface area contributed by atoms with Crippen LogP contribution in [-0.2, 0) is 9.59 Å². The second-order valence-corrected chi connectivity index (χ2v) is 5.48. The predicted octanol–water partition coefficient (Wildman–Crippen LogP) is 1.64. The quantitative estimate of drug-likeness (QED) is 0.792. The minimum absolute atomic E-state index is 0.00353. The first-order valence-electron chi connectivity index (χ1n) is 6.47. The molecule has 0 fully saturated rings. The van der Waals surface area contributed by atoms with Crippen LogP contribution in [0.1, 0.15) is 24.2 Å². The van der Waals surface area contributed by atoms with Crippen molar-refractivity contribution in [1.82, 2.24) is 10.2 Å². The fourth-order valence-corrected chi connectivity index (χ4v) is 2.00. The van der Waals surface area contributed by atoms with Gasteiger partial charge in [0.05, 0.1) is 4.47 Å². The van der Waals surface area contributed by atoms with Gasteiger partial charge in [0.2, 0.25) is 5.91 Å². The van der Waals surface area contributed by atoms with E-state index in [-0.39, 0.29) is 29.0 Å². The monoisotopic (exact) mass is 374 g/mol. The topological polar surface area (TPSA) is 86.7 Å². The Bertz CT molecular complexity index is 594. The molecule has 1 rings (SSSR count). The molecule has 120 valence electrons. The van der Waals surface area contributed by atoms with E-state index in [0.717, 1.165) is 11.0 Å². The van der Waals surface area contributed by atoms with Crippen molar-refractivity contribution in [1.29, 1.82) is 0 Å². The third kappa shape index (κ3) is 4.80. The molecule has 0 aromatic heterocycles. The maximum absolute atomic E-state index is 13.5. The molecular weight excluding hydrogens is 359 g/mol. The molecule has 1 unspecified atom stereocenters. The fraction of sp³-hybridized carbons (Fsp3) is 0.357. The Morgan fingerprint density at radius 3 is 2.55 bits per heavy atom. The van der Waals surface area contributed by atoms with Gasteiger partial charge >= 0.3 is 5.97 Å².